The molecule has 0 amide bonds. The molecule has 4 rings (SSSR count). The maximum absolute atomic E-state index is 14.8. The fraction of sp³-hybridized carbons (Fsp3) is 0.318. The minimum absolute atomic E-state index is 0.292. The lowest BCUT2D eigenvalue weighted by Crippen LogP contribution is -2.49. The van der Waals surface area contributed by atoms with Crippen LogP contribution in [0.15, 0.2) is 53.1 Å². The molecule has 8 heteroatoms. The largest absolute Gasteiger partial charge is 0.468 e. The molecular weight excluding hydrogens is 387 g/mol. The van der Waals surface area contributed by atoms with E-state index in [9.17, 15) is 9.18 Å². The van der Waals surface area contributed by atoms with Gasteiger partial charge in [-0.25, -0.2) is 9.18 Å². The third-order valence-corrected chi connectivity index (χ3v) is 5.28. The van der Waals surface area contributed by atoms with Crippen LogP contribution in [0.25, 0.3) is 11.5 Å². The van der Waals surface area contributed by atoms with Crippen molar-refractivity contribution in [2.75, 3.05) is 38.2 Å². The van der Waals surface area contributed by atoms with Gasteiger partial charge in [0, 0.05) is 31.7 Å². The Morgan fingerprint density at radius 1 is 1.13 bits per heavy atom. The van der Waals surface area contributed by atoms with Gasteiger partial charge in [-0.1, -0.05) is 35.5 Å². The summed E-state index contributed by atoms with van der Waals surface area (Å²) in [5.74, 6) is 0.167. The summed E-state index contributed by atoms with van der Waals surface area (Å²) in [6.45, 7) is 4.12. The number of aromatic nitrogens is 2. The Morgan fingerprint density at radius 3 is 2.47 bits per heavy atom. The molecule has 3 aromatic rings. The van der Waals surface area contributed by atoms with E-state index >= 15 is 0 Å². The van der Waals surface area contributed by atoms with Crippen molar-refractivity contribution in [3.8, 4) is 11.5 Å². The number of aryl methyl sites for hydroxylation is 1. The molecule has 1 unspecified atom stereocenters. The van der Waals surface area contributed by atoms with Gasteiger partial charge in [-0.15, -0.1) is 0 Å². The third kappa shape index (κ3) is 4.04. The van der Waals surface area contributed by atoms with E-state index in [-0.39, 0.29) is 11.8 Å². The van der Waals surface area contributed by atoms with E-state index in [4.69, 9.17) is 9.26 Å². The highest BCUT2D eigenvalue weighted by molar-refractivity contribution is 5.77. The van der Waals surface area contributed by atoms with Crippen molar-refractivity contribution in [2.24, 2.45) is 0 Å². The Morgan fingerprint density at radius 2 is 1.87 bits per heavy atom. The second-order valence-electron chi connectivity index (χ2n) is 7.17. The van der Waals surface area contributed by atoms with Gasteiger partial charge >= 0.3 is 5.97 Å². The van der Waals surface area contributed by atoms with Gasteiger partial charge in [0.1, 0.15) is 11.9 Å². The number of methoxy groups -OCH3 is 1. The van der Waals surface area contributed by atoms with Crippen LogP contribution in [-0.2, 0) is 9.53 Å². The number of carbonyl (C=O) groups is 1. The Hall–Kier alpha value is -3.26. The number of hydrogen-bond donors (Lipinski definition) is 0. The van der Waals surface area contributed by atoms with E-state index in [1.807, 2.05) is 35.2 Å². The lowest BCUT2D eigenvalue weighted by atomic mass is 10.0. The first kappa shape index (κ1) is 20.0. The first-order valence-electron chi connectivity index (χ1n) is 9.79. The van der Waals surface area contributed by atoms with Crippen LogP contribution in [0, 0.1) is 12.7 Å². The van der Waals surface area contributed by atoms with Crippen molar-refractivity contribution in [2.45, 2.75) is 13.0 Å². The van der Waals surface area contributed by atoms with Gasteiger partial charge < -0.3 is 14.2 Å². The van der Waals surface area contributed by atoms with Crippen molar-refractivity contribution in [1.29, 1.82) is 0 Å². The Labute approximate surface area is 174 Å². The zero-order valence-corrected chi connectivity index (χ0v) is 16.9. The first-order chi connectivity index (χ1) is 14.6. The molecule has 1 aliphatic rings. The standard InChI is InChI=1S/C22H23FN4O3/c1-15-24-21(30-25-15)17-8-9-19(18(23)14-17)26-10-12-27(13-11-26)20(22(28)29-2)16-6-4-3-5-7-16/h3-9,14,20H,10-13H2,1-2H3. The number of halogens is 1. The highest BCUT2D eigenvalue weighted by atomic mass is 19.1. The van der Waals surface area contributed by atoms with Gasteiger partial charge in [-0.05, 0) is 30.7 Å². The summed E-state index contributed by atoms with van der Waals surface area (Å²) < 4.78 is 25.0. The molecule has 1 aromatic heterocycles. The zero-order valence-electron chi connectivity index (χ0n) is 16.9. The molecule has 7 nitrogen and oxygen atoms in total. The molecule has 2 aromatic carbocycles. The van der Waals surface area contributed by atoms with Gasteiger partial charge in [0.15, 0.2) is 5.82 Å². The van der Waals surface area contributed by atoms with E-state index in [0.29, 0.717) is 49.1 Å². The fourth-order valence-electron chi connectivity index (χ4n) is 3.77. The van der Waals surface area contributed by atoms with Gasteiger partial charge in [-0.2, -0.15) is 4.98 Å². The van der Waals surface area contributed by atoms with Crippen molar-refractivity contribution in [3.63, 3.8) is 0 Å². The van der Waals surface area contributed by atoms with Crippen LogP contribution >= 0.6 is 0 Å². The number of hydrogen-bond acceptors (Lipinski definition) is 7. The lowest BCUT2D eigenvalue weighted by molar-refractivity contribution is -0.147. The highest BCUT2D eigenvalue weighted by Crippen LogP contribution is 2.29. The molecule has 30 heavy (non-hydrogen) atoms. The number of rotatable bonds is 5. The first-order valence-corrected chi connectivity index (χ1v) is 9.79. The summed E-state index contributed by atoms with van der Waals surface area (Å²) in [4.78, 5) is 20.6. The molecule has 0 spiro atoms. The average molecular weight is 410 g/mol. The maximum atomic E-state index is 14.8. The second-order valence-corrected chi connectivity index (χ2v) is 7.17. The molecule has 0 N–H and O–H groups in total. The number of benzene rings is 2. The summed E-state index contributed by atoms with van der Waals surface area (Å²) >= 11 is 0. The second kappa shape index (κ2) is 8.62. The monoisotopic (exact) mass is 410 g/mol. The van der Waals surface area contributed by atoms with E-state index in [1.165, 1.54) is 13.2 Å². The fourth-order valence-corrected chi connectivity index (χ4v) is 3.77. The normalized spacial score (nSPS) is 15.8. The predicted octanol–water partition coefficient (Wildman–Crippen LogP) is 3.22. The molecule has 0 saturated carbocycles. The molecular formula is C22H23FN4O3. The molecule has 1 fully saturated rings. The van der Waals surface area contributed by atoms with E-state index in [1.54, 1.807) is 19.1 Å². The molecule has 0 aliphatic carbocycles. The van der Waals surface area contributed by atoms with Crippen LogP contribution in [0.1, 0.15) is 17.4 Å². The van der Waals surface area contributed by atoms with Crippen LogP contribution in [0.2, 0.25) is 0 Å². The third-order valence-electron chi connectivity index (χ3n) is 5.28. The molecule has 2 heterocycles. The van der Waals surface area contributed by atoms with Crippen LogP contribution in [-0.4, -0.2) is 54.3 Å². The topological polar surface area (TPSA) is 71.7 Å². The van der Waals surface area contributed by atoms with Gasteiger partial charge in [0.2, 0.25) is 0 Å². The summed E-state index contributed by atoms with van der Waals surface area (Å²) in [5, 5.41) is 3.74. The molecule has 1 saturated heterocycles. The number of nitrogens with zero attached hydrogens (tertiary/aromatic N) is 4. The van der Waals surface area contributed by atoms with Gasteiger partial charge in [0.25, 0.3) is 5.89 Å². The molecule has 0 radical (unpaired) electrons. The molecule has 156 valence electrons. The summed E-state index contributed by atoms with van der Waals surface area (Å²) in [6.07, 6.45) is 0. The van der Waals surface area contributed by atoms with E-state index in [2.05, 4.69) is 15.0 Å². The summed E-state index contributed by atoms with van der Waals surface area (Å²) in [7, 11) is 1.40. The summed E-state index contributed by atoms with van der Waals surface area (Å²) in [6, 6.07) is 14.0. The molecule has 0 bridgehead atoms. The van der Waals surface area contributed by atoms with Crippen LogP contribution in [0.4, 0.5) is 10.1 Å². The predicted molar refractivity (Wildman–Crippen MR) is 109 cm³/mol. The van der Waals surface area contributed by atoms with Crippen molar-refractivity contribution >= 4 is 11.7 Å². The SMILES string of the molecule is COC(=O)C(c1ccccc1)N1CCN(c2ccc(-c3nc(C)no3)cc2F)CC1. The van der Waals surface area contributed by atoms with Gasteiger partial charge in [-0.3, -0.25) is 4.90 Å². The Balaban J connectivity index is 1.48. The number of anilines is 1. The van der Waals surface area contributed by atoms with Crippen molar-refractivity contribution in [1.82, 2.24) is 15.0 Å². The number of carbonyl (C=O) groups excluding carboxylic acids is 1. The zero-order chi connectivity index (χ0) is 21.1. The van der Waals surface area contributed by atoms with Crippen LogP contribution < -0.4 is 4.90 Å². The average Bonchev–Trinajstić information content (AvgIpc) is 3.21. The van der Waals surface area contributed by atoms with Gasteiger partial charge in [0.05, 0.1) is 12.8 Å². The van der Waals surface area contributed by atoms with E-state index in [0.717, 1.165) is 5.56 Å². The number of ether oxygens (including phenoxy) is 1. The van der Waals surface area contributed by atoms with Crippen LogP contribution in [0.5, 0.6) is 0 Å². The number of esters is 1. The smallest absolute Gasteiger partial charge is 0.327 e. The minimum Gasteiger partial charge on any atom is -0.468 e. The van der Waals surface area contributed by atoms with Crippen molar-refractivity contribution in [3.05, 3.63) is 65.7 Å². The molecule has 1 atom stereocenters. The quantitative estimate of drug-likeness (QED) is 0.598. The molecule has 1 aliphatic heterocycles. The van der Waals surface area contributed by atoms with Crippen molar-refractivity contribution < 1.29 is 18.4 Å². The summed E-state index contributed by atoms with van der Waals surface area (Å²) in [5.41, 5.74) is 1.96. The Kier molecular flexibility index (Phi) is 5.76. The maximum Gasteiger partial charge on any atom is 0.327 e. The van der Waals surface area contributed by atoms with Crippen LogP contribution in [0.3, 0.4) is 0 Å². The Bertz CT molecular complexity index is 1020. The van der Waals surface area contributed by atoms with E-state index < -0.39 is 6.04 Å². The minimum atomic E-state index is -0.466. The number of piperazine rings is 1. The lowest BCUT2D eigenvalue weighted by Gasteiger charge is -2.39. The highest BCUT2D eigenvalue weighted by Gasteiger charge is 2.31.